The van der Waals surface area contributed by atoms with Crippen LogP contribution in [0.2, 0.25) is 0 Å². The number of fused-ring (bicyclic) bond motifs is 6. The van der Waals surface area contributed by atoms with Gasteiger partial charge in [-0.05, 0) is 92.4 Å². The summed E-state index contributed by atoms with van der Waals surface area (Å²) in [6, 6.07) is 40.1. The molecular weight excluding hydrogens is 484 g/mol. The summed E-state index contributed by atoms with van der Waals surface area (Å²) in [5, 5.41) is 4.96. The van der Waals surface area contributed by atoms with Crippen molar-refractivity contribution in [3.05, 3.63) is 121 Å². The van der Waals surface area contributed by atoms with Crippen LogP contribution in [0.5, 0.6) is 0 Å². The highest BCUT2D eigenvalue weighted by Gasteiger charge is 2.21. The number of nitrogens with zero attached hydrogens (tertiary/aromatic N) is 2. The topological polar surface area (TPSA) is 25.8 Å². The van der Waals surface area contributed by atoms with Crippen molar-refractivity contribution in [2.75, 3.05) is 0 Å². The highest BCUT2D eigenvalue weighted by molar-refractivity contribution is 6.15. The lowest BCUT2D eigenvalue weighted by Gasteiger charge is -2.13. The summed E-state index contributed by atoms with van der Waals surface area (Å²) in [5.74, 6) is 0. The lowest BCUT2D eigenvalue weighted by Crippen LogP contribution is -1.96. The molecule has 0 atom stereocenters. The third-order valence-electron chi connectivity index (χ3n) is 8.49. The van der Waals surface area contributed by atoms with Gasteiger partial charge in [0.15, 0.2) is 0 Å². The maximum atomic E-state index is 5.08. The van der Waals surface area contributed by atoms with Gasteiger partial charge in [0.1, 0.15) is 0 Å². The minimum Gasteiger partial charge on any atom is -0.251 e. The molecule has 0 fully saturated rings. The summed E-state index contributed by atoms with van der Waals surface area (Å²) in [6.45, 7) is 4.33. The number of hydrogen-bond acceptors (Lipinski definition) is 2. The molecule has 2 aromatic heterocycles. The van der Waals surface area contributed by atoms with E-state index in [1.165, 1.54) is 55.3 Å². The van der Waals surface area contributed by atoms with E-state index in [2.05, 4.69) is 123 Å². The number of hydrogen-bond donors (Lipinski definition) is 0. The summed E-state index contributed by atoms with van der Waals surface area (Å²) < 4.78 is 0. The predicted octanol–water partition coefficient (Wildman–Crippen LogP) is 10.0. The molecule has 0 unspecified atom stereocenters. The zero-order valence-electron chi connectivity index (χ0n) is 22.7. The molecule has 2 heteroatoms. The van der Waals surface area contributed by atoms with Crippen LogP contribution in [0.4, 0.5) is 0 Å². The van der Waals surface area contributed by atoms with Crippen LogP contribution in [0.3, 0.4) is 0 Å². The Morgan fingerprint density at radius 1 is 0.450 bits per heavy atom. The van der Waals surface area contributed by atoms with Crippen molar-refractivity contribution >= 4 is 32.6 Å². The van der Waals surface area contributed by atoms with Gasteiger partial charge in [-0.15, -0.1) is 0 Å². The molecular formula is C38H28N2. The summed E-state index contributed by atoms with van der Waals surface area (Å²) in [4.78, 5) is 10.1. The first-order valence-corrected chi connectivity index (χ1v) is 14.2. The Labute approximate surface area is 234 Å². The van der Waals surface area contributed by atoms with Crippen molar-refractivity contribution in [1.82, 2.24) is 9.97 Å². The van der Waals surface area contributed by atoms with Gasteiger partial charge in [0, 0.05) is 22.2 Å². The highest BCUT2D eigenvalue weighted by Crippen LogP contribution is 2.48. The van der Waals surface area contributed by atoms with Crippen LogP contribution in [-0.4, -0.2) is 9.97 Å². The fourth-order valence-corrected chi connectivity index (χ4v) is 6.42. The number of aryl methyl sites for hydroxylation is 2. The van der Waals surface area contributed by atoms with Crippen molar-refractivity contribution in [1.29, 1.82) is 0 Å². The monoisotopic (exact) mass is 512 g/mol. The lowest BCUT2D eigenvalue weighted by molar-refractivity contribution is 1.05. The van der Waals surface area contributed by atoms with Gasteiger partial charge in [-0.25, -0.2) is 0 Å². The van der Waals surface area contributed by atoms with E-state index in [4.69, 9.17) is 9.97 Å². The van der Waals surface area contributed by atoms with E-state index in [0.717, 1.165) is 46.0 Å². The molecule has 0 aliphatic heterocycles. The number of benzene rings is 5. The average molecular weight is 513 g/mol. The molecule has 40 heavy (non-hydrogen) atoms. The molecule has 2 heterocycles. The first kappa shape index (κ1) is 23.1. The van der Waals surface area contributed by atoms with Gasteiger partial charge in [-0.1, -0.05) is 98.8 Å². The molecule has 7 aromatic rings. The molecule has 8 rings (SSSR count). The molecule has 0 N–H and O–H groups in total. The molecule has 0 spiro atoms. The third kappa shape index (κ3) is 3.42. The van der Waals surface area contributed by atoms with Gasteiger partial charge >= 0.3 is 0 Å². The van der Waals surface area contributed by atoms with E-state index < -0.39 is 0 Å². The molecule has 0 radical (unpaired) electrons. The Kier molecular flexibility index (Phi) is 5.12. The smallest absolute Gasteiger partial charge is 0.0974 e. The zero-order valence-corrected chi connectivity index (χ0v) is 22.7. The minimum absolute atomic E-state index is 0.878. The van der Waals surface area contributed by atoms with E-state index in [0.29, 0.717) is 0 Å². The Morgan fingerprint density at radius 2 is 1.15 bits per heavy atom. The quantitative estimate of drug-likeness (QED) is 0.219. The standard InChI is InChI=1S/C38H28N2/c1-3-28-17-14-24-15-19-33-34(22-29(4-2)40-38(33)37(24)39-28)27-11-5-10-25(20-27)26-16-18-30-31-12-6-8-23-9-7-13-32(36(23)31)35(30)21-26/h5-22H,3-4H2,1-2H3. The van der Waals surface area contributed by atoms with Crippen molar-refractivity contribution in [2.45, 2.75) is 26.7 Å². The van der Waals surface area contributed by atoms with Gasteiger partial charge in [0.05, 0.1) is 11.0 Å². The van der Waals surface area contributed by atoms with E-state index in [9.17, 15) is 0 Å². The Hall–Kier alpha value is -4.82. The van der Waals surface area contributed by atoms with Gasteiger partial charge in [0.25, 0.3) is 0 Å². The average Bonchev–Trinajstić information content (AvgIpc) is 3.34. The first-order valence-electron chi connectivity index (χ1n) is 14.2. The van der Waals surface area contributed by atoms with Gasteiger partial charge < -0.3 is 0 Å². The van der Waals surface area contributed by atoms with E-state index in [1.54, 1.807) is 0 Å². The van der Waals surface area contributed by atoms with Crippen LogP contribution < -0.4 is 0 Å². The molecule has 0 amide bonds. The van der Waals surface area contributed by atoms with Crippen molar-refractivity contribution in [3.63, 3.8) is 0 Å². The summed E-state index contributed by atoms with van der Waals surface area (Å²) in [7, 11) is 0. The molecule has 0 saturated heterocycles. The van der Waals surface area contributed by atoms with Crippen LogP contribution in [0.25, 0.3) is 77.1 Å². The van der Waals surface area contributed by atoms with Crippen LogP contribution in [0.15, 0.2) is 109 Å². The highest BCUT2D eigenvalue weighted by atomic mass is 14.8. The van der Waals surface area contributed by atoms with Crippen LogP contribution in [0.1, 0.15) is 25.2 Å². The molecule has 1 aliphatic rings. The third-order valence-corrected chi connectivity index (χ3v) is 8.49. The largest absolute Gasteiger partial charge is 0.251 e. The first-order chi connectivity index (χ1) is 19.7. The second kappa shape index (κ2) is 8.86. The molecule has 2 nitrogen and oxygen atoms in total. The molecule has 190 valence electrons. The molecule has 5 aromatic carbocycles. The minimum atomic E-state index is 0.878. The predicted molar refractivity (Wildman–Crippen MR) is 169 cm³/mol. The number of rotatable bonds is 4. The summed E-state index contributed by atoms with van der Waals surface area (Å²) >= 11 is 0. The fourth-order valence-electron chi connectivity index (χ4n) is 6.42. The number of aromatic nitrogens is 2. The Bertz CT molecular complexity index is 2130. The van der Waals surface area contributed by atoms with Crippen molar-refractivity contribution < 1.29 is 0 Å². The maximum absolute atomic E-state index is 5.08. The van der Waals surface area contributed by atoms with Gasteiger partial charge in [0.2, 0.25) is 0 Å². The second-order valence-electron chi connectivity index (χ2n) is 10.8. The van der Waals surface area contributed by atoms with Crippen LogP contribution in [-0.2, 0) is 12.8 Å². The lowest BCUT2D eigenvalue weighted by atomic mass is 9.93. The maximum Gasteiger partial charge on any atom is 0.0974 e. The van der Waals surface area contributed by atoms with E-state index in [1.807, 2.05) is 0 Å². The van der Waals surface area contributed by atoms with Crippen LogP contribution >= 0.6 is 0 Å². The van der Waals surface area contributed by atoms with Gasteiger partial charge in [-0.3, -0.25) is 9.97 Å². The zero-order chi connectivity index (χ0) is 26.8. The van der Waals surface area contributed by atoms with Crippen molar-refractivity contribution in [2.24, 2.45) is 0 Å². The Morgan fingerprint density at radius 3 is 1.98 bits per heavy atom. The molecule has 0 bridgehead atoms. The van der Waals surface area contributed by atoms with Crippen molar-refractivity contribution in [3.8, 4) is 44.5 Å². The fraction of sp³-hybridized carbons (Fsp3) is 0.105. The number of pyridine rings is 2. The second-order valence-corrected chi connectivity index (χ2v) is 10.8. The van der Waals surface area contributed by atoms with E-state index in [-0.39, 0.29) is 0 Å². The molecule has 1 aliphatic carbocycles. The SMILES string of the molecule is CCc1ccc2ccc3c(-c4cccc(-c5ccc6c(c5)-c5cccc7cccc-6c57)c4)cc(CC)nc3c2n1. The summed E-state index contributed by atoms with van der Waals surface area (Å²) in [6.07, 6.45) is 1.79. The normalized spacial score (nSPS) is 11.9. The van der Waals surface area contributed by atoms with E-state index >= 15 is 0 Å². The Balaban J connectivity index is 1.30. The van der Waals surface area contributed by atoms with Crippen LogP contribution in [0, 0.1) is 0 Å². The molecule has 0 saturated carbocycles. The van der Waals surface area contributed by atoms with Gasteiger partial charge in [-0.2, -0.15) is 0 Å². The summed E-state index contributed by atoms with van der Waals surface area (Å²) in [5.41, 5.74) is 14.4.